The fourth-order valence-corrected chi connectivity index (χ4v) is 2.52. The first-order valence-corrected chi connectivity index (χ1v) is 6.94. The third kappa shape index (κ3) is 3.01. The molecule has 18 heavy (non-hydrogen) atoms. The van der Waals surface area contributed by atoms with Gasteiger partial charge >= 0.3 is 0 Å². The largest absolute Gasteiger partial charge is 0.378 e. The lowest BCUT2D eigenvalue weighted by Crippen LogP contribution is -2.09. The van der Waals surface area contributed by atoms with Crippen LogP contribution >= 0.6 is 11.3 Å². The molecule has 0 aliphatic rings. The van der Waals surface area contributed by atoms with E-state index in [4.69, 9.17) is 0 Å². The molecule has 3 nitrogen and oxygen atoms in total. The van der Waals surface area contributed by atoms with Crippen molar-refractivity contribution in [2.75, 3.05) is 24.3 Å². The van der Waals surface area contributed by atoms with Crippen LogP contribution in [0, 0.1) is 0 Å². The van der Waals surface area contributed by atoms with Gasteiger partial charge in [0.1, 0.15) is 0 Å². The second kappa shape index (κ2) is 5.40. The normalized spacial score (nSPS) is 10.7. The van der Waals surface area contributed by atoms with E-state index in [9.17, 15) is 0 Å². The summed E-state index contributed by atoms with van der Waals surface area (Å²) in [5, 5.41) is 6.40. The van der Waals surface area contributed by atoms with Crippen LogP contribution in [0.15, 0.2) is 29.6 Å². The van der Waals surface area contributed by atoms with Gasteiger partial charge in [0.2, 0.25) is 0 Å². The van der Waals surface area contributed by atoms with Crippen LogP contribution < -0.4 is 10.2 Å². The highest BCUT2D eigenvalue weighted by Crippen LogP contribution is 2.26. The van der Waals surface area contributed by atoms with Crippen molar-refractivity contribution in [2.45, 2.75) is 19.9 Å². The van der Waals surface area contributed by atoms with Gasteiger partial charge in [-0.25, -0.2) is 4.98 Å². The number of hydrogen-bond acceptors (Lipinski definition) is 4. The number of anilines is 2. The summed E-state index contributed by atoms with van der Waals surface area (Å²) in [4.78, 5) is 6.68. The second-order valence-corrected chi connectivity index (χ2v) is 5.64. The van der Waals surface area contributed by atoms with E-state index in [2.05, 4.69) is 58.7 Å². The van der Waals surface area contributed by atoms with Crippen molar-refractivity contribution in [3.05, 3.63) is 29.6 Å². The third-order valence-corrected chi connectivity index (χ3v) is 3.37. The molecule has 1 aromatic heterocycles. The van der Waals surface area contributed by atoms with E-state index in [-0.39, 0.29) is 0 Å². The minimum absolute atomic E-state index is 0.417. The van der Waals surface area contributed by atoms with Gasteiger partial charge in [0.05, 0.1) is 5.69 Å². The molecule has 0 atom stereocenters. The Morgan fingerprint density at radius 3 is 2.39 bits per heavy atom. The molecule has 1 aromatic carbocycles. The first-order valence-electron chi connectivity index (χ1n) is 6.06. The molecule has 0 aliphatic heterocycles. The highest BCUT2D eigenvalue weighted by atomic mass is 32.1. The van der Waals surface area contributed by atoms with Gasteiger partial charge in [-0.05, 0) is 26.0 Å². The number of aromatic nitrogens is 1. The van der Waals surface area contributed by atoms with Crippen LogP contribution in [-0.2, 0) is 0 Å². The van der Waals surface area contributed by atoms with Crippen molar-refractivity contribution in [2.24, 2.45) is 0 Å². The molecule has 2 aromatic rings. The summed E-state index contributed by atoms with van der Waals surface area (Å²) in [5.74, 6) is 0. The lowest BCUT2D eigenvalue weighted by atomic mass is 10.1. The molecule has 0 unspecified atom stereocenters. The van der Waals surface area contributed by atoms with Crippen LogP contribution in [0.2, 0.25) is 0 Å². The van der Waals surface area contributed by atoms with E-state index in [0.717, 1.165) is 16.4 Å². The van der Waals surface area contributed by atoms with E-state index >= 15 is 0 Å². The molecule has 0 radical (unpaired) electrons. The summed E-state index contributed by atoms with van der Waals surface area (Å²) in [6.07, 6.45) is 0. The average Bonchev–Trinajstić information content (AvgIpc) is 2.76. The third-order valence-electron chi connectivity index (χ3n) is 2.60. The summed E-state index contributed by atoms with van der Waals surface area (Å²) in [7, 11) is 4.09. The maximum Gasteiger partial charge on any atom is 0.183 e. The Balaban J connectivity index is 2.18. The van der Waals surface area contributed by atoms with E-state index in [1.165, 1.54) is 5.69 Å². The number of nitrogens with zero attached hydrogens (tertiary/aromatic N) is 2. The zero-order valence-corrected chi connectivity index (χ0v) is 12.1. The highest BCUT2D eigenvalue weighted by Gasteiger charge is 2.05. The molecule has 4 heteroatoms. The van der Waals surface area contributed by atoms with Crippen LogP contribution in [-0.4, -0.2) is 25.1 Å². The van der Waals surface area contributed by atoms with Crippen LogP contribution in [0.3, 0.4) is 0 Å². The fraction of sp³-hybridized carbons (Fsp3) is 0.357. The Kier molecular flexibility index (Phi) is 3.87. The number of thiazole rings is 1. The second-order valence-electron chi connectivity index (χ2n) is 4.78. The molecule has 0 saturated heterocycles. The van der Waals surface area contributed by atoms with Crippen molar-refractivity contribution in [1.82, 2.24) is 4.98 Å². The first-order chi connectivity index (χ1) is 8.56. The number of hydrogen-bond donors (Lipinski definition) is 1. The van der Waals surface area contributed by atoms with Gasteiger partial charge in [-0.1, -0.05) is 12.1 Å². The lowest BCUT2D eigenvalue weighted by Gasteiger charge is -2.12. The van der Waals surface area contributed by atoms with E-state index in [1.54, 1.807) is 11.3 Å². The maximum absolute atomic E-state index is 4.59. The molecule has 0 bridgehead atoms. The minimum Gasteiger partial charge on any atom is -0.378 e. The van der Waals surface area contributed by atoms with E-state index in [0.29, 0.717) is 6.04 Å². The van der Waals surface area contributed by atoms with Gasteiger partial charge in [-0.2, -0.15) is 0 Å². The first kappa shape index (κ1) is 12.9. The number of rotatable bonds is 4. The standard InChI is InChI=1S/C14H19N3S/c1-10(2)15-14-16-13(9-18-14)11-5-7-12(8-6-11)17(3)4/h5-10H,1-4H3,(H,15,16). The molecule has 1 N–H and O–H groups in total. The van der Waals surface area contributed by atoms with Gasteiger partial charge in [-0.3, -0.25) is 0 Å². The fourth-order valence-electron chi connectivity index (χ4n) is 1.65. The lowest BCUT2D eigenvalue weighted by molar-refractivity contribution is 0.897. The average molecular weight is 261 g/mol. The molecule has 2 rings (SSSR count). The van der Waals surface area contributed by atoms with E-state index in [1.807, 2.05) is 14.1 Å². The molecule has 96 valence electrons. The Bertz CT molecular complexity index is 500. The summed E-state index contributed by atoms with van der Waals surface area (Å²) < 4.78 is 0. The van der Waals surface area contributed by atoms with E-state index < -0.39 is 0 Å². The monoisotopic (exact) mass is 261 g/mol. The number of benzene rings is 1. The molecular weight excluding hydrogens is 242 g/mol. The Morgan fingerprint density at radius 1 is 1.17 bits per heavy atom. The molecule has 0 amide bonds. The Labute approximate surface area is 112 Å². The van der Waals surface area contributed by atoms with Gasteiger partial charge in [0.15, 0.2) is 5.13 Å². The Hall–Kier alpha value is -1.55. The van der Waals surface area contributed by atoms with Gasteiger partial charge in [0.25, 0.3) is 0 Å². The van der Waals surface area contributed by atoms with Crippen molar-refractivity contribution in [3.8, 4) is 11.3 Å². The van der Waals surface area contributed by atoms with Crippen molar-refractivity contribution < 1.29 is 0 Å². The SMILES string of the molecule is CC(C)Nc1nc(-c2ccc(N(C)C)cc2)cs1. The predicted molar refractivity (Wildman–Crippen MR) is 80.6 cm³/mol. The van der Waals surface area contributed by atoms with Gasteiger partial charge in [-0.15, -0.1) is 11.3 Å². The smallest absolute Gasteiger partial charge is 0.183 e. The summed E-state index contributed by atoms with van der Waals surface area (Å²) in [5.41, 5.74) is 3.40. The quantitative estimate of drug-likeness (QED) is 0.909. The minimum atomic E-state index is 0.417. The molecule has 1 heterocycles. The molecular formula is C14H19N3S. The molecule has 0 fully saturated rings. The maximum atomic E-state index is 4.59. The van der Waals surface area contributed by atoms with Crippen LogP contribution in [0.25, 0.3) is 11.3 Å². The summed E-state index contributed by atoms with van der Waals surface area (Å²) in [6, 6.07) is 8.88. The summed E-state index contributed by atoms with van der Waals surface area (Å²) in [6.45, 7) is 4.24. The topological polar surface area (TPSA) is 28.2 Å². The molecule has 0 spiro atoms. The predicted octanol–water partition coefficient (Wildman–Crippen LogP) is 3.70. The van der Waals surface area contributed by atoms with Crippen LogP contribution in [0.4, 0.5) is 10.8 Å². The van der Waals surface area contributed by atoms with Crippen molar-refractivity contribution in [1.29, 1.82) is 0 Å². The van der Waals surface area contributed by atoms with Gasteiger partial charge in [0, 0.05) is 36.8 Å². The number of nitrogens with one attached hydrogen (secondary N) is 1. The van der Waals surface area contributed by atoms with Crippen molar-refractivity contribution in [3.63, 3.8) is 0 Å². The Morgan fingerprint density at radius 2 is 1.83 bits per heavy atom. The molecule has 0 saturated carbocycles. The van der Waals surface area contributed by atoms with Crippen LogP contribution in [0.5, 0.6) is 0 Å². The highest BCUT2D eigenvalue weighted by molar-refractivity contribution is 7.14. The van der Waals surface area contributed by atoms with Crippen molar-refractivity contribution >= 4 is 22.2 Å². The van der Waals surface area contributed by atoms with Crippen LogP contribution in [0.1, 0.15) is 13.8 Å². The zero-order chi connectivity index (χ0) is 13.1. The summed E-state index contributed by atoms with van der Waals surface area (Å²) >= 11 is 1.65. The molecule has 0 aliphatic carbocycles. The van der Waals surface area contributed by atoms with Gasteiger partial charge < -0.3 is 10.2 Å². The zero-order valence-electron chi connectivity index (χ0n) is 11.3.